The first-order valence-electron chi connectivity index (χ1n) is 6.10. The number of ether oxygens (including phenoxy) is 1. The average Bonchev–Trinajstić information content (AvgIpc) is 2.81. The first kappa shape index (κ1) is 15.9. The van der Waals surface area contributed by atoms with Gasteiger partial charge in [-0.15, -0.1) is 0 Å². The summed E-state index contributed by atoms with van der Waals surface area (Å²) in [6.07, 6.45) is -5.33. The summed E-state index contributed by atoms with van der Waals surface area (Å²) in [4.78, 5) is 13.2. The van der Waals surface area contributed by atoms with Gasteiger partial charge in [0, 0.05) is 18.0 Å². The highest BCUT2D eigenvalue weighted by Crippen LogP contribution is 2.38. The maximum Gasteiger partial charge on any atom is 0.419 e. The van der Waals surface area contributed by atoms with Crippen LogP contribution < -0.4 is 4.74 Å². The number of amides is 1. The van der Waals surface area contributed by atoms with Crippen LogP contribution in [0.5, 0.6) is 5.75 Å². The van der Waals surface area contributed by atoms with E-state index >= 15 is 0 Å². The lowest BCUT2D eigenvalue weighted by Gasteiger charge is -2.26. The van der Waals surface area contributed by atoms with Crippen LogP contribution in [-0.2, 0) is 0 Å². The molecule has 0 bridgehead atoms. The summed E-state index contributed by atoms with van der Waals surface area (Å²) in [6, 6.07) is 4.29. The molecule has 1 N–H and O–H groups in total. The molecule has 2 rings (SSSR count). The molecule has 1 aromatic carbocycles. The predicted molar refractivity (Wildman–Crippen MR) is 69.5 cm³/mol. The fourth-order valence-corrected chi connectivity index (χ4v) is 2.39. The summed E-state index contributed by atoms with van der Waals surface area (Å²) in [7, 11) is 1.34. The standard InChI is InChI=1S/C13H13ClF3NO3/c1-21-10-3-2-8(14)6-9(10)11(19)18-5-4-12(20,7-18)13(15,16)17/h2-3,6,20H,4-5,7H2,1H3/t12-/m1/s1. The van der Waals surface area contributed by atoms with Crippen LogP contribution in [0.15, 0.2) is 18.2 Å². The van der Waals surface area contributed by atoms with Gasteiger partial charge in [0.2, 0.25) is 0 Å². The number of carbonyl (C=O) groups excluding carboxylic acids is 1. The smallest absolute Gasteiger partial charge is 0.419 e. The Hall–Kier alpha value is -1.47. The molecule has 1 aliphatic rings. The SMILES string of the molecule is COc1ccc(Cl)cc1C(=O)N1CC[C@](O)(C(F)(F)F)C1. The summed E-state index contributed by atoms with van der Waals surface area (Å²) < 4.78 is 43.3. The number of nitrogens with zero attached hydrogens (tertiary/aromatic N) is 1. The highest BCUT2D eigenvalue weighted by molar-refractivity contribution is 6.31. The van der Waals surface area contributed by atoms with Gasteiger partial charge in [0.15, 0.2) is 5.60 Å². The molecule has 116 valence electrons. The molecular formula is C13H13ClF3NO3. The zero-order valence-corrected chi connectivity index (χ0v) is 11.8. The van der Waals surface area contributed by atoms with E-state index in [1.54, 1.807) is 0 Å². The number of hydrogen-bond donors (Lipinski definition) is 1. The summed E-state index contributed by atoms with van der Waals surface area (Å²) in [5, 5.41) is 9.87. The molecule has 4 nitrogen and oxygen atoms in total. The number of methoxy groups -OCH3 is 1. The highest BCUT2D eigenvalue weighted by atomic mass is 35.5. The molecular weight excluding hydrogens is 311 g/mol. The Labute approximate surface area is 124 Å². The Morgan fingerprint density at radius 2 is 2.14 bits per heavy atom. The Balaban J connectivity index is 2.25. The number of aliphatic hydroxyl groups is 1. The van der Waals surface area contributed by atoms with Crippen molar-refractivity contribution in [3.8, 4) is 5.75 Å². The van der Waals surface area contributed by atoms with Gasteiger partial charge in [-0.25, -0.2) is 0 Å². The van der Waals surface area contributed by atoms with Gasteiger partial charge in [-0.2, -0.15) is 13.2 Å². The van der Waals surface area contributed by atoms with E-state index < -0.39 is 30.7 Å². The van der Waals surface area contributed by atoms with Crippen LogP contribution in [0, 0.1) is 0 Å². The van der Waals surface area contributed by atoms with E-state index in [9.17, 15) is 23.1 Å². The largest absolute Gasteiger partial charge is 0.496 e. The van der Waals surface area contributed by atoms with Crippen molar-refractivity contribution in [1.29, 1.82) is 0 Å². The second-order valence-electron chi connectivity index (χ2n) is 4.85. The number of likely N-dealkylation sites (tertiary alicyclic amines) is 1. The van der Waals surface area contributed by atoms with E-state index in [0.717, 1.165) is 4.90 Å². The van der Waals surface area contributed by atoms with Crippen molar-refractivity contribution in [2.24, 2.45) is 0 Å². The zero-order valence-electron chi connectivity index (χ0n) is 11.1. The summed E-state index contributed by atoms with van der Waals surface area (Å²) in [6.45, 7) is -0.991. The number of alkyl halides is 3. The summed E-state index contributed by atoms with van der Waals surface area (Å²) in [5.41, 5.74) is -2.80. The zero-order chi connectivity index (χ0) is 15.8. The van der Waals surface area contributed by atoms with E-state index in [-0.39, 0.29) is 22.9 Å². The van der Waals surface area contributed by atoms with Gasteiger partial charge in [-0.05, 0) is 18.2 Å². The molecule has 1 heterocycles. The van der Waals surface area contributed by atoms with Crippen LogP contribution in [0.1, 0.15) is 16.8 Å². The van der Waals surface area contributed by atoms with Crippen LogP contribution in [0.25, 0.3) is 0 Å². The van der Waals surface area contributed by atoms with Crippen molar-refractivity contribution in [1.82, 2.24) is 4.90 Å². The number of carbonyl (C=O) groups is 1. The minimum absolute atomic E-state index is 0.0661. The number of benzene rings is 1. The molecule has 0 aliphatic carbocycles. The summed E-state index contributed by atoms with van der Waals surface area (Å²) in [5.74, 6) is -0.443. The van der Waals surface area contributed by atoms with Gasteiger partial charge in [0.05, 0.1) is 19.2 Å². The van der Waals surface area contributed by atoms with E-state index in [0.29, 0.717) is 0 Å². The lowest BCUT2D eigenvalue weighted by atomic mass is 10.0. The molecule has 0 unspecified atom stereocenters. The number of hydrogen-bond acceptors (Lipinski definition) is 3. The molecule has 0 radical (unpaired) electrons. The lowest BCUT2D eigenvalue weighted by molar-refractivity contribution is -0.253. The molecule has 1 fully saturated rings. The van der Waals surface area contributed by atoms with Crippen molar-refractivity contribution < 1.29 is 27.8 Å². The van der Waals surface area contributed by atoms with E-state index in [1.165, 1.54) is 25.3 Å². The van der Waals surface area contributed by atoms with Crippen LogP contribution in [0.3, 0.4) is 0 Å². The molecule has 1 saturated heterocycles. The fraction of sp³-hybridized carbons (Fsp3) is 0.462. The monoisotopic (exact) mass is 323 g/mol. The van der Waals surface area contributed by atoms with E-state index in [4.69, 9.17) is 16.3 Å². The second-order valence-corrected chi connectivity index (χ2v) is 5.29. The Morgan fingerprint density at radius 3 is 2.67 bits per heavy atom. The molecule has 1 atom stereocenters. The molecule has 0 saturated carbocycles. The maximum absolute atomic E-state index is 12.8. The minimum atomic E-state index is -4.78. The molecule has 1 aliphatic heterocycles. The molecule has 21 heavy (non-hydrogen) atoms. The van der Waals surface area contributed by atoms with Gasteiger partial charge in [-0.1, -0.05) is 11.6 Å². The first-order chi connectivity index (χ1) is 9.68. The van der Waals surface area contributed by atoms with Crippen molar-refractivity contribution in [2.45, 2.75) is 18.2 Å². The minimum Gasteiger partial charge on any atom is -0.496 e. The lowest BCUT2D eigenvalue weighted by Crippen LogP contribution is -2.48. The van der Waals surface area contributed by atoms with Crippen LogP contribution in [-0.4, -0.2) is 47.9 Å². The van der Waals surface area contributed by atoms with Crippen LogP contribution >= 0.6 is 11.6 Å². The Morgan fingerprint density at radius 1 is 1.48 bits per heavy atom. The molecule has 1 amide bonds. The molecule has 1 aromatic rings. The van der Waals surface area contributed by atoms with Gasteiger partial charge >= 0.3 is 6.18 Å². The molecule has 0 aromatic heterocycles. The van der Waals surface area contributed by atoms with Crippen LogP contribution in [0.4, 0.5) is 13.2 Å². The number of β-amino-alcohol motifs (C(OH)–C–C–N with tert-alkyl or cyclic N) is 1. The third kappa shape index (κ3) is 2.94. The Kier molecular flexibility index (Phi) is 4.08. The quantitative estimate of drug-likeness (QED) is 0.909. The first-order valence-corrected chi connectivity index (χ1v) is 6.48. The topological polar surface area (TPSA) is 49.8 Å². The number of rotatable bonds is 2. The maximum atomic E-state index is 12.8. The normalized spacial score (nSPS) is 22.5. The van der Waals surface area contributed by atoms with Crippen molar-refractivity contribution >= 4 is 17.5 Å². The van der Waals surface area contributed by atoms with Gasteiger partial charge in [-0.3, -0.25) is 4.79 Å². The fourth-order valence-electron chi connectivity index (χ4n) is 2.22. The average molecular weight is 324 g/mol. The molecule has 0 spiro atoms. The van der Waals surface area contributed by atoms with Crippen LogP contribution in [0.2, 0.25) is 5.02 Å². The van der Waals surface area contributed by atoms with Crippen molar-refractivity contribution in [3.63, 3.8) is 0 Å². The van der Waals surface area contributed by atoms with Crippen molar-refractivity contribution in [2.75, 3.05) is 20.2 Å². The second kappa shape index (κ2) is 5.38. The third-order valence-corrected chi connectivity index (χ3v) is 3.69. The van der Waals surface area contributed by atoms with E-state index in [1.807, 2.05) is 0 Å². The van der Waals surface area contributed by atoms with E-state index in [2.05, 4.69) is 0 Å². The Bertz CT molecular complexity index is 564. The van der Waals surface area contributed by atoms with Crippen molar-refractivity contribution in [3.05, 3.63) is 28.8 Å². The predicted octanol–water partition coefficient (Wildman–Crippen LogP) is 2.49. The van der Waals surface area contributed by atoms with Gasteiger partial charge in [0.25, 0.3) is 5.91 Å². The van der Waals surface area contributed by atoms with Gasteiger partial charge in [0.1, 0.15) is 5.75 Å². The van der Waals surface area contributed by atoms with Gasteiger partial charge < -0.3 is 14.7 Å². The summed E-state index contributed by atoms with van der Waals surface area (Å²) >= 11 is 5.80. The third-order valence-electron chi connectivity index (χ3n) is 3.45. The molecule has 8 heteroatoms. The number of halogens is 4. The highest BCUT2D eigenvalue weighted by Gasteiger charge is 2.57.